The molecule has 1 atom stereocenters. The van der Waals surface area contributed by atoms with Gasteiger partial charge in [-0.3, -0.25) is 0 Å². The molecule has 0 spiro atoms. The summed E-state index contributed by atoms with van der Waals surface area (Å²) >= 11 is 6.18. The normalized spacial score (nSPS) is 19.5. The van der Waals surface area contributed by atoms with Crippen LogP contribution in [0.5, 0.6) is 0 Å². The van der Waals surface area contributed by atoms with Gasteiger partial charge in [0.1, 0.15) is 16.8 Å². The fourth-order valence-electron chi connectivity index (χ4n) is 2.39. The third-order valence-electron chi connectivity index (χ3n) is 3.54. The molecule has 0 aromatic carbocycles. The third kappa shape index (κ3) is 3.57. The molecule has 5 heteroatoms. The van der Waals surface area contributed by atoms with E-state index in [1.807, 2.05) is 20.9 Å². The van der Waals surface area contributed by atoms with E-state index in [1.54, 1.807) is 0 Å². The number of rotatable bonds is 4. The standard InChI is InChI=1S/C14H22ClN3O/c1-4-12-16-13(15)10(2)14(17-12)18(3)9-11-7-5-6-8-19-11/h11H,4-9H2,1-3H3. The van der Waals surface area contributed by atoms with Crippen LogP contribution in [0.2, 0.25) is 5.15 Å². The first-order valence-electron chi connectivity index (χ1n) is 6.97. The Hall–Kier alpha value is -0.870. The molecule has 0 radical (unpaired) electrons. The molecule has 1 aromatic heterocycles. The van der Waals surface area contributed by atoms with Crippen molar-refractivity contribution in [2.24, 2.45) is 0 Å². The van der Waals surface area contributed by atoms with E-state index >= 15 is 0 Å². The molecule has 2 rings (SSSR count). The molecule has 1 fully saturated rings. The summed E-state index contributed by atoms with van der Waals surface area (Å²) in [6.07, 6.45) is 4.65. The molecular formula is C14H22ClN3O. The molecule has 1 unspecified atom stereocenters. The van der Waals surface area contributed by atoms with Gasteiger partial charge in [0.25, 0.3) is 0 Å². The Morgan fingerprint density at radius 2 is 2.16 bits per heavy atom. The van der Waals surface area contributed by atoms with Gasteiger partial charge in [0.2, 0.25) is 0 Å². The maximum Gasteiger partial charge on any atom is 0.137 e. The smallest absolute Gasteiger partial charge is 0.137 e. The van der Waals surface area contributed by atoms with Crippen molar-refractivity contribution < 1.29 is 4.74 Å². The van der Waals surface area contributed by atoms with Crippen molar-refractivity contribution in [3.05, 3.63) is 16.5 Å². The molecule has 2 heterocycles. The number of aryl methyl sites for hydroxylation is 1. The number of hydrogen-bond acceptors (Lipinski definition) is 4. The number of anilines is 1. The summed E-state index contributed by atoms with van der Waals surface area (Å²) in [4.78, 5) is 11.0. The van der Waals surface area contributed by atoms with Gasteiger partial charge in [-0.15, -0.1) is 0 Å². The molecule has 0 N–H and O–H groups in total. The van der Waals surface area contributed by atoms with Crippen molar-refractivity contribution in [2.45, 2.75) is 45.6 Å². The lowest BCUT2D eigenvalue weighted by Gasteiger charge is -2.29. The molecule has 1 aromatic rings. The van der Waals surface area contributed by atoms with Gasteiger partial charge < -0.3 is 9.64 Å². The van der Waals surface area contributed by atoms with E-state index in [0.717, 1.165) is 43.2 Å². The summed E-state index contributed by atoms with van der Waals surface area (Å²) in [6.45, 7) is 5.74. The molecule has 1 aliphatic heterocycles. The maximum absolute atomic E-state index is 6.18. The molecule has 0 saturated carbocycles. The largest absolute Gasteiger partial charge is 0.376 e. The van der Waals surface area contributed by atoms with Gasteiger partial charge in [-0.25, -0.2) is 9.97 Å². The van der Waals surface area contributed by atoms with Gasteiger partial charge in [0, 0.05) is 32.2 Å². The predicted octanol–water partition coefficient (Wildman–Crippen LogP) is 3.01. The van der Waals surface area contributed by atoms with Gasteiger partial charge in [-0.05, 0) is 26.2 Å². The van der Waals surface area contributed by atoms with Crippen LogP contribution in [0.1, 0.15) is 37.6 Å². The second-order valence-corrected chi connectivity index (χ2v) is 5.46. The van der Waals surface area contributed by atoms with Gasteiger partial charge in [-0.2, -0.15) is 0 Å². The number of nitrogens with zero attached hydrogens (tertiary/aromatic N) is 3. The first kappa shape index (κ1) is 14.5. The first-order valence-corrected chi connectivity index (χ1v) is 7.35. The molecule has 0 amide bonds. The Morgan fingerprint density at radius 1 is 1.37 bits per heavy atom. The highest BCUT2D eigenvalue weighted by Gasteiger charge is 2.19. The van der Waals surface area contributed by atoms with Crippen molar-refractivity contribution in [1.82, 2.24) is 9.97 Å². The van der Waals surface area contributed by atoms with E-state index in [4.69, 9.17) is 16.3 Å². The van der Waals surface area contributed by atoms with Crippen molar-refractivity contribution in [2.75, 3.05) is 25.1 Å². The lowest BCUT2D eigenvalue weighted by molar-refractivity contribution is 0.0215. The molecule has 0 aliphatic carbocycles. The first-order chi connectivity index (χ1) is 9.11. The van der Waals surface area contributed by atoms with Crippen LogP contribution in [0.25, 0.3) is 0 Å². The van der Waals surface area contributed by atoms with Crippen LogP contribution in [0, 0.1) is 6.92 Å². The second kappa shape index (κ2) is 6.53. The van der Waals surface area contributed by atoms with Gasteiger partial charge >= 0.3 is 0 Å². The Kier molecular flexibility index (Phi) is 4.99. The quantitative estimate of drug-likeness (QED) is 0.796. The minimum absolute atomic E-state index is 0.303. The fraction of sp³-hybridized carbons (Fsp3) is 0.714. The zero-order valence-corrected chi connectivity index (χ0v) is 12.7. The summed E-state index contributed by atoms with van der Waals surface area (Å²) in [5.74, 6) is 1.72. The molecule has 1 aliphatic rings. The van der Waals surface area contributed by atoms with E-state index in [2.05, 4.69) is 14.9 Å². The zero-order chi connectivity index (χ0) is 13.8. The number of halogens is 1. The van der Waals surface area contributed by atoms with Crippen LogP contribution in [0.4, 0.5) is 5.82 Å². The zero-order valence-electron chi connectivity index (χ0n) is 11.9. The van der Waals surface area contributed by atoms with Crippen LogP contribution in [-0.4, -0.2) is 36.3 Å². The Balaban J connectivity index is 2.13. The average Bonchev–Trinajstić information content (AvgIpc) is 2.42. The van der Waals surface area contributed by atoms with Gasteiger partial charge in [-0.1, -0.05) is 18.5 Å². The molecule has 106 valence electrons. The van der Waals surface area contributed by atoms with Crippen LogP contribution in [0.15, 0.2) is 0 Å². The topological polar surface area (TPSA) is 38.2 Å². The number of aromatic nitrogens is 2. The second-order valence-electron chi connectivity index (χ2n) is 5.10. The molecule has 19 heavy (non-hydrogen) atoms. The van der Waals surface area contributed by atoms with Crippen LogP contribution in [-0.2, 0) is 11.2 Å². The molecule has 4 nitrogen and oxygen atoms in total. The summed E-state index contributed by atoms with van der Waals surface area (Å²) in [7, 11) is 2.04. The fourth-order valence-corrected chi connectivity index (χ4v) is 2.58. The van der Waals surface area contributed by atoms with Gasteiger partial charge in [0.15, 0.2) is 0 Å². The summed E-state index contributed by atoms with van der Waals surface area (Å²) in [5.41, 5.74) is 0.942. The van der Waals surface area contributed by atoms with Crippen molar-refractivity contribution >= 4 is 17.4 Å². The van der Waals surface area contributed by atoms with Crippen LogP contribution in [0.3, 0.4) is 0 Å². The highest BCUT2D eigenvalue weighted by Crippen LogP contribution is 2.24. The summed E-state index contributed by atoms with van der Waals surface area (Å²) < 4.78 is 5.78. The van der Waals surface area contributed by atoms with Crippen molar-refractivity contribution in [3.8, 4) is 0 Å². The highest BCUT2D eigenvalue weighted by atomic mass is 35.5. The van der Waals surface area contributed by atoms with Crippen LogP contribution < -0.4 is 4.90 Å². The van der Waals surface area contributed by atoms with Crippen molar-refractivity contribution in [1.29, 1.82) is 0 Å². The Bertz CT molecular complexity index is 433. The third-order valence-corrected chi connectivity index (χ3v) is 3.90. The number of hydrogen-bond donors (Lipinski definition) is 0. The minimum atomic E-state index is 0.303. The summed E-state index contributed by atoms with van der Waals surface area (Å²) in [6, 6.07) is 0. The van der Waals surface area contributed by atoms with E-state index < -0.39 is 0 Å². The van der Waals surface area contributed by atoms with Crippen LogP contribution >= 0.6 is 11.6 Å². The summed E-state index contributed by atoms with van der Waals surface area (Å²) in [5, 5.41) is 0.554. The monoisotopic (exact) mass is 283 g/mol. The van der Waals surface area contributed by atoms with E-state index in [0.29, 0.717) is 11.3 Å². The van der Waals surface area contributed by atoms with E-state index in [-0.39, 0.29) is 0 Å². The molecule has 1 saturated heterocycles. The van der Waals surface area contributed by atoms with Crippen molar-refractivity contribution in [3.63, 3.8) is 0 Å². The number of ether oxygens (including phenoxy) is 1. The van der Waals surface area contributed by atoms with E-state index in [1.165, 1.54) is 12.8 Å². The SMILES string of the molecule is CCc1nc(Cl)c(C)c(N(C)CC2CCCCO2)n1. The average molecular weight is 284 g/mol. The lowest BCUT2D eigenvalue weighted by atomic mass is 10.1. The maximum atomic E-state index is 6.18. The van der Waals surface area contributed by atoms with Gasteiger partial charge in [0.05, 0.1) is 6.10 Å². The number of likely N-dealkylation sites (N-methyl/N-ethyl adjacent to an activating group) is 1. The predicted molar refractivity (Wildman–Crippen MR) is 78.0 cm³/mol. The van der Waals surface area contributed by atoms with E-state index in [9.17, 15) is 0 Å². The minimum Gasteiger partial charge on any atom is -0.376 e. The highest BCUT2D eigenvalue weighted by molar-refractivity contribution is 6.30. The lowest BCUT2D eigenvalue weighted by Crippen LogP contribution is -2.34. The molecule has 0 bridgehead atoms. The Morgan fingerprint density at radius 3 is 2.79 bits per heavy atom. The Labute approximate surface area is 120 Å². The molecular weight excluding hydrogens is 262 g/mol.